The van der Waals surface area contributed by atoms with Crippen LogP contribution in [0.15, 0.2) is 15.9 Å². The Morgan fingerprint density at radius 1 is 1.27 bits per heavy atom. The third kappa shape index (κ3) is 1.73. The number of nitrogens with zero attached hydrogens (tertiary/aromatic N) is 2. The summed E-state index contributed by atoms with van der Waals surface area (Å²) in [7, 11) is 0. The number of aromatic amines is 2. The van der Waals surface area contributed by atoms with E-state index in [2.05, 4.69) is 20.2 Å². The number of nitrogens with one attached hydrogen (secondary N) is 2. The van der Waals surface area contributed by atoms with Gasteiger partial charge in [-0.1, -0.05) is 0 Å². The summed E-state index contributed by atoms with van der Waals surface area (Å²) in [6.07, 6.45) is 0. The van der Waals surface area contributed by atoms with Crippen molar-refractivity contribution in [3.8, 4) is 0 Å². The molecule has 1 aromatic carbocycles. The fraction of sp³-hybridized carbons (Fsp3) is 0.214. The molecule has 0 saturated heterocycles. The molecule has 22 heavy (non-hydrogen) atoms. The number of aliphatic imine (C=N–C) groups is 1. The highest BCUT2D eigenvalue weighted by molar-refractivity contribution is 8.12. The molecule has 3 heterocycles. The van der Waals surface area contributed by atoms with Crippen LogP contribution >= 0.6 is 11.8 Å². The fourth-order valence-corrected chi connectivity index (χ4v) is 3.58. The summed E-state index contributed by atoms with van der Waals surface area (Å²) < 4.78 is 28.9. The molecule has 0 saturated carbocycles. The van der Waals surface area contributed by atoms with Crippen LogP contribution in [0.25, 0.3) is 21.8 Å². The normalized spacial score (nSPS) is 17.9. The van der Waals surface area contributed by atoms with Crippen LogP contribution in [0.3, 0.4) is 0 Å². The minimum atomic E-state index is -0.959. The number of rotatable bonds is 1. The second kappa shape index (κ2) is 4.64. The maximum atomic E-state index is 14.5. The standard InChI is InChI=1S/C14H10F2N4OS/c1-5-9-11-10(6(15)2-7(21)12(11)16)13(8-3-17-4-22-8)18-14(9)20-19-5/h2,4,8H,3H2,1H3,(H2,18,19,20). The highest BCUT2D eigenvalue weighted by Crippen LogP contribution is 2.38. The van der Waals surface area contributed by atoms with Crippen molar-refractivity contribution in [2.75, 3.05) is 6.54 Å². The van der Waals surface area contributed by atoms with E-state index in [0.29, 0.717) is 35.0 Å². The smallest absolute Gasteiger partial charge is 0.217 e. The fourth-order valence-electron chi connectivity index (χ4n) is 2.79. The zero-order chi connectivity index (χ0) is 15.4. The number of fused-ring (bicyclic) bond motifs is 3. The first-order valence-corrected chi connectivity index (χ1v) is 7.54. The van der Waals surface area contributed by atoms with Gasteiger partial charge in [0.2, 0.25) is 5.43 Å². The van der Waals surface area contributed by atoms with Crippen molar-refractivity contribution in [2.45, 2.75) is 12.2 Å². The molecule has 112 valence electrons. The second-order valence-electron chi connectivity index (χ2n) is 5.11. The van der Waals surface area contributed by atoms with Crippen molar-refractivity contribution in [1.82, 2.24) is 15.2 Å². The molecule has 0 fully saturated rings. The van der Waals surface area contributed by atoms with Crippen molar-refractivity contribution in [2.24, 2.45) is 4.99 Å². The second-order valence-corrected chi connectivity index (χ2v) is 6.16. The molecular formula is C14H10F2N4OS. The Hall–Kier alpha value is -2.22. The van der Waals surface area contributed by atoms with E-state index in [1.807, 2.05) is 0 Å². The quantitative estimate of drug-likeness (QED) is 0.724. The molecule has 0 spiro atoms. The van der Waals surface area contributed by atoms with Gasteiger partial charge < -0.3 is 5.10 Å². The third-order valence-corrected chi connectivity index (χ3v) is 4.75. The lowest BCUT2D eigenvalue weighted by Gasteiger charge is -2.12. The Labute approximate surface area is 126 Å². The number of thioether (sulfide) groups is 1. The molecule has 5 nitrogen and oxygen atoms in total. The van der Waals surface area contributed by atoms with Crippen molar-refractivity contribution in [3.05, 3.63) is 39.3 Å². The predicted molar refractivity (Wildman–Crippen MR) is 82.6 cm³/mol. The molecule has 0 aliphatic carbocycles. The predicted octanol–water partition coefficient (Wildman–Crippen LogP) is 2.81. The van der Waals surface area contributed by atoms with E-state index in [-0.39, 0.29) is 16.0 Å². The molecule has 0 amide bonds. The average Bonchev–Trinajstić information content (AvgIpc) is 3.13. The van der Waals surface area contributed by atoms with E-state index in [1.54, 1.807) is 12.5 Å². The lowest BCUT2D eigenvalue weighted by atomic mass is 10.0. The lowest BCUT2D eigenvalue weighted by molar-refractivity contribution is 0.608. The van der Waals surface area contributed by atoms with Crippen molar-refractivity contribution in [3.63, 3.8) is 0 Å². The topological polar surface area (TPSA) is 73.9 Å². The Balaban J connectivity index is 2.24. The van der Waals surface area contributed by atoms with Gasteiger partial charge in [0, 0.05) is 22.5 Å². The summed E-state index contributed by atoms with van der Waals surface area (Å²) in [6, 6.07) is 0.681. The summed E-state index contributed by atoms with van der Waals surface area (Å²) in [5.41, 5.74) is 2.11. The summed E-state index contributed by atoms with van der Waals surface area (Å²) in [5, 5.41) is 5.91. The molecular weight excluding hydrogens is 310 g/mol. The van der Waals surface area contributed by atoms with Crippen LogP contribution in [0.4, 0.5) is 8.78 Å². The number of halogens is 2. The highest BCUT2D eigenvalue weighted by Gasteiger charge is 2.26. The number of aromatic nitrogens is 3. The van der Waals surface area contributed by atoms with Crippen LogP contribution in [0.5, 0.6) is 0 Å². The summed E-state index contributed by atoms with van der Waals surface area (Å²) in [6.45, 7) is 2.16. The zero-order valence-electron chi connectivity index (χ0n) is 11.4. The first-order chi connectivity index (χ1) is 10.6. The molecule has 0 radical (unpaired) electrons. The van der Waals surface area contributed by atoms with Gasteiger partial charge in [-0.15, -0.1) is 11.8 Å². The molecule has 4 rings (SSSR count). The largest absolute Gasteiger partial charge is 0.303 e. The van der Waals surface area contributed by atoms with Crippen molar-refractivity contribution in [1.29, 1.82) is 0 Å². The van der Waals surface area contributed by atoms with E-state index in [0.717, 1.165) is 0 Å². The van der Waals surface area contributed by atoms with Gasteiger partial charge in [0.1, 0.15) is 5.82 Å². The number of H-pyrrole nitrogens is 2. The van der Waals surface area contributed by atoms with Crippen LogP contribution < -0.4 is 5.43 Å². The third-order valence-electron chi connectivity index (χ3n) is 3.78. The van der Waals surface area contributed by atoms with Crippen LogP contribution in [0.2, 0.25) is 0 Å². The molecule has 3 aromatic rings. The minimum Gasteiger partial charge on any atom is -0.303 e. The molecule has 2 aromatic heterocycles. The van der Waals surface area contributed by atoms with Gasteiger partial charge in [0.05, 0.1) is 28.4 Å². The maximum Gasteiger partial charge on any atom is 0.217 e. The zero-order valence-corrected chi connectivity index (χ0v) is 12.2. The first-order valence-electron chi connectivity index (χ1n) is 6.60. The number of aryl methyl sites for hydroxylation is 1. The number of pyridine rings is 1. The Bertz CT molecular complexity index is 1000. The molecule has 1 aliphatic rings. The molecule has 1 atom stereocenters. The monoisotopic (exact) mass is 320 g/mol. The summed E-state index contributed by atoms with van der Waals surface area (Å²) >= 11 is 1.40. The minimum absolute atomic E-state index is 0.0208. The van der Waals surface area contributed by atoms with E-state index >= 15 is 0 Å². The number of hydrogen-bond donors (Lipinski definition) is 2. The van der Waals surface area contributed by atoms with Gasteiger partial charge in [-0.3, -0.25) is 14.9 Å². The van der Waals surface area contributed by atoms with Gasteiger partial charge in [0.25, 0.3) is 0 Å². The molecule has 1 unspecified atom stereocenters. The highest BCUT2D eigenvalue weighted by atomic mass is 32.2. The molecule has 8 heteroatoms. The molecule has 2 N–H and O–H groups in total. The van der Waals surface area contributed by atoms with Gasteiger partial charge >= 0.3 is 0 Å². The summed E-state index contributed by atoms with van der Waals surface area (Å²) in [5.74, 6) is -1.70. The van der Waals surface area contributed by atoms with Gasteiger partial charge in [-0.2, -0.15) is 0 Å². The number of benzene rings is 1. The summed E-state index contributed by atoms with van der Waals surface area (Å²) in [4.78, 5) is 20.2. The average molecular weight is 320 g/mol. The molecule has 0 bridgehead atoms. The van der Waals surface area contributed by atoms with Crippen LogP contribution in [0.1, 0.15) is 16.6 Å². The Morgan fingerprint density at radius 2 is 2.09 bits per heavy atom. The van der Waals surface area contributed by atoms with Crippen LogP contribution in [-0.4, -0.2) is 27.3 Å². The van der Waals surface area contributed by atoms with Crippen LogP contribution in [-0.2, 0) is 0 Å². The number of hydrogen-bond acceptors (Lipinski definition) is 4. The first kappa shape index (κ1) is 13.4. The van der Waals surface area contributed by atoms with Crippen LogP contribution in [0, 0.1) is 18.6 Å². The Morgan fingerprint density at radius 3 is 2.82 bits per heavy atom. The van der Waals surface area contributed by atoms with Crippen molar-refractivity contribution < 1.29 is 8.78 Å². The lowest BCUT2D eigenvalue weighted by Crippen LogP contribution is -2.10. The Kier molecular flexibility index (Phi) is 2.83. The SMILES string of the molecule is Cc1[nH][nH]c2nc(C3CN=CS3)c3c(F)cc(=O)c(F)c3c12. The van der Waals surface area contributed by atoms with E-state index < -0.39 is 17.1 Å². The van der Waals surface area contributed by atoms with E-state index in [9.17, 15) is 13.6 Å². The maximum absolute atomic E-state index is 14.5. The van der Waals surface area contributed by atoms with Gasteiger partial charge in [0.15, 0.2) is 11.5 Å². The van der Waals surface area contributed by atoms with E-state index in [4.69, 9.17) is 0 Å². The van der Waals surface area contributed by atoms with Gasteiger partial charge in [-0.25, -0.2) is 13.8 Å². The van der Waals surface area contributed by atoms with E-state index in [1.165, 1.54) is 11.8 Å². The molecule has 1 aliphatic heterocycles. The van der Waals surface area contributed by atoms with Crippen molar-refractivity contribution >= 4 is 39.1 Å². The van der Waals surface area contributed by atoms with Gasteiger partial charge in [-0.05, 0) is 6.92 Å².